The van der Waals surface area contributed by atoms with Gasteiger partial charge in [0.25, 0.3) is 5.91 Å². The number of ether oxygens (including phenoxy) is 1. The van der Waals surface area contributed by atoms with Crippen molar-refractivity contribution in [3.05, 3.63) is 47.0 Å². The fraction of sp³-hybridized carbons (Fsp3) is 0.412. The van der Waals surface area contributed by atoms with Gasteiger partial charge >= 0.3 is 0 Å². The molecule has 1 aromatic carbocycles. The van der Waals surface area contributed by atoms with E-state index in [0.717, 1.165) is 56.2 Å². The molecule has 0 fully saturated rings. The number of carbonyl (C=O) groups is 1. The molecule has 1 amide bonds. The maximum absolute atomic E-state index is 12.3. The molecule has 0 saturated heterocycles. The van der Waals surface area contributed by atoms with E-state index in [0.29, 0.717) is 12.2 Å². The summed E-state index contributed by atoms with van der Waals surface area (Å²) in [6.07, 6.45) is 3.93. The third kappa shape index (κ3) is 2.94. The Morgan fingerprint density at radius 1 is 1.43 bits per heavy atom. The van der Waals surface area contributed by atoms with Crippen LogP contribution in [0.25, 0.3) is 0 Å². The minimum Gasteiger partial charge on any atom is -0.493 e. The minimum absolute atomic E-state index is 0.124. The van der Waals surface area contributed by atoms with Crippen LogP contribution in [0, 0.1) is 0 Å². The van der Waals surface area contributed by atoms with Crippen LogP contribution in [0.1, 0.15) is 33.9 Å². The van der Waals surface area contributed by atoms with Crippen molar-refractivity contribution in [1.29, 1.82) is 0 Å². The lowest BCUT2D eigenvalue weighted by atomic mass is 10.0. The van der Waals surface area contributed by atoms with Gasteiger partial charge in [0.15, 0.2) is 0 Å². The number of rotatable bonds is 3. The van der Waals surface area contributed by atoms with Crippen molar-refractivity contribution < 1.29 is 9.53 Å². The van der Waals surface area contributed by atoms with Crippen LogP contribution >= 0.6 is 0 Å². The molecule has 6 heteroatoms. The highest BCUT2D eigenvalue weighted by atomic mass is 16.5. The lowest BCUT2D eigenvalue weighted by molar-refractivity contribution is 0.0946. The van der Waals surface area contributed by atoms with Crippen LogP contribution in [-0.2, 0) is 26.1 Å². The molecule has 23 heavy (non-hydrogen) atoms. The Balaban J connectivity index is 1.42. The molecular weight excluding hydrogens is 292 g/mol. The van der Waals surface area contributed by atoms with Crippen molar-refractivity contribution in [3.63, 3.8) is 0 Å². The van der Waals surface area contributed by atoms with Gasteiger partial charge in [0.1, 0.15) is 17.3 Å². The largest absolute Gasteiger partial charge is 0.493 e. The SMILES string of the molecule is O=C(NCc1ccc2c(c1)CCCO2)c1cn2c(n1)CNCC2. The first kappa shape index (κ1) is 14.3. The average Bonchev–Trinajstić information content (AvgIpc) is 3.04. The second-order valence-electron chi connectivity index (χ2n) is 5.99. The van der Waals surface area contributed by atoms with Crippen molar-refractivity contribution in [2.45, 2.75) is 32.5 Å². The molecule has 4 rings (SSSR count). The molecule has 0 spiro atoms. The number of nitrogens with one attached hydrogen (secondary N) is 2. The first-order valence-electron chi connectivity index (χ1n) is 8.09. The van der Waals surface area contributed by atoms with Crippen LogP contribution in [0.4, 0.5) is 0 Å². The molecule has 0 bridgehead atoms. The number of aryl methyl sites for hydroxylation is 1. The molecule has 2 aromatic rings. The number of aromatic nitrogens is 2. The number of nitrogens with zero attached hydrogens (tertiary/aromatic N) is 2. The van der Waals surface area contributed by atoms with Gasteiger partial charge in [-0.15, -0.1) is 0 Å². The molecule has 3 heterocycles. The Kier molecular flexibility index (Phi) is 3.75. The molecular formula is C17H20N4O2. The van der Waals surface area contributed by atoms with Crippen molar-refractivity contribution >= 4 is 5.91 Å². The topological polar surface area (TPSA) is 68.2 Å². The van der Waals surface area contributed by atoms with Crippen LogP contribution in [0.5, 0.6) is 5.75 Å². The van der Waals surface area contributed by atoms with E-state index in [2.05, 4.69) is 21.7 Å². The molecule has 0 aliphatic carbocycles. The zero-order chi connectivity index (χ0) is 15.6. The molecule has 2 aliphatic heterocycles. The highest BCUT2D eigenvalue weighted by molar-refractivity contribution is 5.92. The summed E-state index contributed by atoms with van der Waals surface area (Å²) >= 11 is 0. The number of fused-ring (bicyclic) bond motifs is 2. The number of hydrogen-bond acceptors (Lipinski definition) is 4. The summed E-state index contributed by atoms with van der Waals surface area (Å²) in [5.74, 6) is 1.77. The van der Waals surface area contributed by atoms with Gasteiger partial charge < -0.3 is 19.9 Å². The number of hydrogen-bond donors (Lipinski definition) is 2. The first-order chi connectivity index (χ1) is 11.3. The van der Waals surface area contributed by atoms with Crippen molar-refractivity contribution in [3.8, 4) is 5.75 Å². The second kappa shape index (κ2) is 6.04. The van der Waals surface area contributed by atoms with E-state index in [1.54, 1.807) is 0 Å². The van der Waals surface area contributed by atoms with Gasteiger partial charge in [-0.3, -0.25) is 4.79 Å². The Morgan fingerprint density at radius 2 is 2.39 bits per heavy atom. The lowest BCUT2D eigenvalue weighted by Gasteiger charge is -2.17. The molecule has 6 nitrogen and oxygen atoms in total. The highest BCUT2D eigenvalue weighted by Gasteiger charge is 2.16. The third-order valence-corrected chi connectivity index (χ3v) is 4.33. The summed E-state index contributed by atoms with van der Waals surface area (Å²) < 4.78 is 7.66. The molecule has 0 radical (unpaired) electrons. The van der Waals surface area contributed by atoms with E-state index in [1.165, 1.54) is 5.56 Å². The Hall–Kier alpha value is -2.34. The molecule has 1 aromatic heterocycles. The van der Waals surface area contributed by atoms with E-state index in [1.807, 2.05) is 22.9 Å². The molecule has 2 aliphatic rings. The summed E-state index contributed by atoms with van der Waals surface area (Å²) in [6, 6.07) is 6.13. The summed E-state index contributed by atoms with van der Waals surface area (Å²) in [7, 11) is 0. The van der Waals surface area contributed by atoms with Gasteiger partial charge in [-0.2, -0.15) is 0 Å². The highest BCUT2D eigenvalue weighted by Crippen LogP contribution is 2.25. The maximum Gasteiger partial charge on any atom is 0.271 e. The van der Waals surface area contributed by atoms with Gasteiger partial charge in [-0.05, 0) is 30.0 Å². The summed E-state index contributed by atoms with van der Waals surface area (Å²) in [6.45, 7) is 3.80. The molecule has 0 atom stereocenters. The number of amides is 1. The fourth-order valence-electron chi connectivity index (χ4n) is 3.09. The Labute approximate surface area is 134 Å². The van der Waals surface area contributed by atoms with Crippen LogP contribution < -0.4 is 15.4 Å². The molecule has 2 N–H and O–H groups in total. The van der Waals surface area contributed by atoms with Gasteiger partial charge in [-0.1, -0.05) is 12.1 Å². The van der Waals surface area contributed by atoms with E-state index < -0.39 is 0 Å². The number of carbonyl (C=O) groups excluding carboxylic acids is 1. The summed E-state index contributed by atoms with van der Waals surface area (Å²) in [4.78, 5) is 16.7. The smallest absolute Gasteiger partial charge is 0.271 e. The van der Waals surface area contributed by atoms with Crippen molar-refractivity contribution in [2.75, 3.05) is 13.2 Å². The fourth-order valence-corrected chi connectivity index (χ4v) is 3.09. The van der Waals surface area contributed by atoms with E-state index in [9.17, 15) is 4.79 Å². The van der Waals surface area contributed by atoms with Crippen LogP contribution in [0.3, 0.4) is 0 Å². The molecule has 0 saturated carbocycles. The lowest BCUT2D eigenvalue weighted by Crippen LogP contribution is -2.27. The van der Waals surface area contributed by atoms with Gasteiger partial charge in [-0.25, -0.2) is 4.98 Å². The third-order valence-electron chi connectivity index (χ3n) is 4.33. The number of benzene rings is 1. The van der Waals surface area contributed by atoms with E-state index in [-0.39, 0.29) is 5.91 Å². The van der Waals surface area contributed by atoms with E-state index in [4.69, 9.17) is 4.74 Å². The van der Waals surface area contributed by atoms with E-state index >= 15 is 0 Å². The minimum atomic E-state index is -0.124. The molecule has 120 valence electrons. The predicted octanol–water partition coefficient (Wildman–Crippen LogP) is 1.24. The predicted molar refractivity (Wildman–Crippen MR) is 85.4 cm³/mol. The van der Waals surface area contributed by atoms with Gasteiger partial charge in [0.2, 0.25) is 0 Å². The molecule has 0 unspecified atom stereocenters. The van der Waals surface area contributed by atoms with Crippen LogP contribution in [0.15, 0.2) is 24.4 Å². The normalized spacial score (nSPS) is 16.2. The van der Waals surface area contributed by atoms with Gasteiger partial charge in [0.05, 0.1) is 13.2 Å². The Morgan fingerprint density at radius 3 is 3.30 bits per heavy atom. The quantitative estimate of drug-likeness (QED) is 0.895. The second-order valence-corrected chi connectivity index (χ2v) is 5.99. The zero-order valence-corrected chi connectivity index (χ0v) is 13.0. The van der Waals surface area contributed by atoms with Crippen molar-refractivity contribution in [1.82, 2.24) is 20.2 Å². The number of imidazole rings is 1. The van der Waals surface area contributed by atoms with Crippen molar-refractivity contribution in [2.24, 2.45) is 0 Å². The van der Waals surface area contributed by atoms with Crippen LogP contribution in [-0.4, -0.2) is 28.6 Å². The summed E-state index contributed by atoms with van der Waals surface area (Å²) in [5.41, 5.74) is 2.81. The summed E-state index contributed by atoms with van der Waals surface area (Å²) in [5, 5.41) is 6.21. The van der Waals surface area contributed by atoms with Crippen LogP contribution in [0.2, 0.25) is 0 Å². The zero-order valence-electron chi connectivity index (χ0n) is 13.0. The monoisotopic (exact) mass is 312 g/mol. The standard InChI is InChI=1S/C17H20N4O2/c22-17(14-11-21-6-5-18-10-16(21)20-14)19-9-12-3-4-15-13(8-12)2-1-7-23-15/h3-4,8,11,18H,1-2,5-7,9-10H2,(H,19,22). The van der Waals surface area contributed by atoms with Gasteiger partial charge in [0, 0.05) is 25.8 Å². The Bertz CT molecular complexity index is 715. The average molecular weight is 312 g/mol. The maximum atomic E-state index is 12.3. The first-order valence-corrected chi connectivity index (χ1v) is 8.09.